The molecule has 0 radical (unpaired) electrons. The fourth-order valence-electron chi connectivity index (χ4n) is 10.1. The van der Waals surface area contributed by atoms with Crippen LogP contribution in [0.1, 0.15) is 11.1 Å². The molecule has 0 aliphatic heterocycles. The Hall–Kier alpha value is -7.98. The molecule has 2 nitrogen and oxygen atoms in total. The predicted octanol–water partition coefficient (Wildman–Crippen LogP) is 17.9. The highest BCUT2D eigenvalue weighted by molar-refractivity contribution is 7.26. The summed E-state index contributed by atoms with van der Waals surface area (Å²) in [6.07, 6.45) is 0. The topological polar surface area (TPSA) is 8.17 Å². The van der Waals surface area contributed by atoms with Crippen LogP contribution in [0.5, 0.6) is 0 Å². The van der Waals surface area contributed by atoms with E-state index in [2.05, 4.69) is 254 Å². The smallest absolute Gasteiger partial charge is 0.0555 e. The van der Waals surface area contributed by atoms with Gasteiger partial charge in [-0.3, -0.25) is 0 Å². The first kappa shape index (κ1) is 38.7. The molecule has 12 aromatic rings. The van der Waals surface area contributed by atoms with Crippen molar-refractivity contribution in [2.24, 2.45) is 0 Å². The van der Waals surface area contributed by atoms with Crippen molar-refractivity contribution in [3.05, 3.63) is 242 Å². The number of nitrogens with zero attached hydrogens (tertiary/aromatic N) is 2. The molecule has 0 atom stereocenters. The average molecular weight is 849 g/mol. The molecule has 0 spiro atoms. The van der Waals surface area contributed by atoms with Gasteiger partial charge in [0.15, 0.2) is 0 Å². The molecule has 0 fully saturated rings. The van der Waals surface area contributed by atoms with Crippen LogP contribution in [0.25, 0.3) is 92.2 Å². The van der Waals surface area contributed by atoms with Crippen LogP contribution in [0.15, 0.2) is 231 Å². The van der Waals surface area contributed by atoms with E-state index in [0.29, 0.717) is 0 Å². The third-order valence-corrected chi connectivity index (χ3v) is 14.2. The van der Waals surface area contributed by atoms with Gasteiger partial charge in [-0.25, -0.2) is 0 Å². The fourth-order valence-corrected chi connectivity index (χ4v) is 11.4. The Bertz CT molecular complexity index is 3680. The van der Waals surface area contributed by atoms with Crippen LogP contribution in [0, 0.1) is 13.8 Å². The molecule has 0 bridgehead atoms. The highest BCUT2D eigenvalue weighted by Gasteiger charge is 2.24. The van der Waals surface area contributed by atoms with Crippen LogP contribution in [-0.2, 0) is 0 Å². The van der Waals surface area contributed by atoms with Gasteiger partial charge in [0.25, 0.3) is 0 Å². The van der Waals surface area contributed by atoms with E-state index in [1.807, 2.05) is 11.3 Å². The average Bonchev–Trinajstić information content (AvgIpc) is 3.92. The van der Waals surface area contributed by atoms with Crippen LogP contribution in [-0.4, -0.2) is 4.57 Å². The minimum atomic E-state index is 1.12. The van der Waals surface area contributed by atoms with Crippen LogP contribution in [0.2, 0.25) is 0 Å². The van der Waals surface area contributed by atoms with Gasteiger partial charge in [-0.1, -0.05) is 170 Å². The van der Waals surface area contributed by atoms with Crippen molar-refractivity contribution in [1.82, 2.24) is 4.57 Å². The van der Waals surface area contributed by atoms with Crippen molar-refractivity contribution in [3.8, 4) is 50.2 Å². The van der Waals surface area contributed by atoms with Crippen LogP contribution in [0.3, 0.4) is 0 Å². The van der Waals surface area contributed by atoms with Gasteiger partial charge in [0.1, 0.15) is 0 Å². The molecule has 0 amide bonds. The van der Waals surface area contributed by atoms with E-state index >= 15 is 0 Å². The van der Waals surface area contributed by atoms with Crippen molar-refractivity contribution >= 4 is 70.4 Å². The summed E-state index contributed by atoms with van der Waals surface area (Å²) in [5, 5.41) is 5.03. The van der Waals surface area contributed by atoms with Crippen molar-refractivity contribution < 1.29 is 0 Å². The summed E-state index contributed by atoms with van der Waals surface area (Å²) >= 11 is 1.89. The molecule has 2 aromatic heterocycles. The maximum Gasteiger partial charge on any atom is 0.0555 e. The molecule has 0 N–H and O–H groups in total. The van der Waals surface area contributed by atoms with Crippen LogP contribution >= 0.6 is 11.3 Å². The maximum atomic E-state index is 2.51. The minimum Gasteiger partial charge on any atom is -0.310 e. The summed E-state index contributed by atoms with van der Waals surface area (Å²) < 4.78 is 4.96. The largest absolute Gasteiger partial charge is 0.310 e. The second kappa shape index (κ2) is 16.0. The van der Waals surface area contributed by atoms with E-state index in [-0.39, 0.29) is 0 Å². The summed E-state index contributed by atoms with van der Waals surface area (Å²) in [4.78, 5) is 2.51. The van der Waals surface area contributed by atoms with Gasteiger partial charge in [-0.15, -0.1) is 11.3 Å². The molecule has 0 saturated heterocycles. The second-order valence-electron chi connectivity index (χ2n) is 17.0. The Kier molecular flexibility index (Phi) is 9.51. The van der Waals surface area contributed by atoms with Gasteiger partial charge in [0, 0.05) is 48.0 Å². The lowest BCUT2D eigenvalue weighted by Crippen LogP contribution is -2.12. The lowest BCUT2D eigenvalue weighted by molar-refractivity contribution is 1.18. The summed E-state index contributed by atoms with van der Waals surface area (Å²) in [7, 11) is 0. The Morgan fingerprint density at radius 1 is 0.385 bits per heavy atom. The van der Waals surface area contributed by atoms with E-state index in [0.717, 1.165) is 22.7 Å². The van der Waals surface area contributed by atoms with E-state index in [4.69, 9.17) is 0 Å². The second-order valence-corrected chi connectivity index (χ2v) is 18.0. The standard InChI is InChI=1S/C62H44N2S/c1-41-37-48(33-34-50(41)43-19-6-3-7-20-43)63(49-38-42(2)60(45-23-10-5-11-24-45)55(40-49)44-21-8-4-9-22-44)58-36-35-51(62-61(58)54-29-14-17-32-59(54)65-62)46-25-18-26-47(39-46)64-56-30-15-12-27-52(56)53-28-13-16-31-57(53)64/h3-40H,1-2H3. The van der Waals surface area contributed by atoms with E-state index < -0.39 is 0 Å². The first-order chi connectivity index (χ1) is 32.1. The number of rotatable bonds is 8. The molecule has 3 heteroatoms. The van der Waals surface area contributed by atoms with Crippen molar-refractivity contribution in [2.75, 3.05) is 4.90 Å². The lowest BCUT2D eigenvalue weighted by Gasteiger charge is -2.29. The number of fused-ring (bicyclic) bond motifs is 6. The number of thiophene rings is 1. The summed E-state index contributed by atoms with van der Waals surface area (Å²) in [5.41, 5.74) is 19.1. The summed E-state index contributed by atoms with van der Waals surface area (Å²) in [5.74, 6) is 0. The molecule has 2 heterocycles. The van der Waals surface area contributed by atoms with E-state index in [9.17, 15) is 0 Å². The number of anilines is 3. The molecule has 12 rings (SSSR count). The SMILES string of the molecule is Cc1cc(N(c2cc(C)c(-c3ccccc3)c(-c3ccccc3)c2)c2ccc(-c3cccc(-n4c5ccccc5c5ccccc54)c3)c3sc4ccccc4c23)ccc1-c1ccccc1. The third kappa shape index (κ3) is 6.63. The molecule has 0 unspecified atom stereocenters. The molecular formula is C62H44N2S. The monoisotopic (exact) mass is 848 g/mol. The number of hydrogen-bond donors (Lipinski definition) is 0. The Balaban J connectivity index is 1.11. The first-order valence-corrected chi connectivity index (χ1v) is 23.2. The van der Waals surface area contributed by atoms with Crippen molar-refractivity contribution in [2.45, 2.75) is 13.8 Å². The first-order valence-electron chi connectivity index (χ1n) is 22.3. The molecule has 308 valence electrons. The number of aromatic nitrogens is 1. The van der Waals surface area contributed by atoms with Crippen LogP contribution in [0.4, 0.5) is 17.1 Å². The number of benzene rings is 10. The van der Waals surface area contributed by atoms with Crippen molar-refractivity contribution in [3.63, 3.8) is 0 Å². The third-order valence-electron chi connectivity index (χ3n) is 13.0. The van der Waals surface area contributed by atoms with E-state index in [1.54, 1.807) is 0 Å². The zero-order valence-corrected chi connectivity index (χ0v) is 37.1. The highest BCUT2D eigenvalue weighted by atomic mass is 32.1. The molecule has 0 aliphatic carbocycles. The van der Waals surface area contributed by atoms with Gasteiger partial charge < -0.3 is 9.47 Å². The number of hydrogen-bond acceptors (Lipinski definition) is 2. The Morgan fingerprint density at radius 3 is 1.62 bits per heavy atom. The van der Waals surface area contributed by atoms with Crippen LogP contribution < -0.4 is 4.90 Å². The van der Waals surface area contributed by atoms with Gasteiger partial charge in [-0.2, -0.15) is 0 Å². The fraction of sp³-hybridized carbons (Fsp3) is 0.0323. The van der Waals surface area contributed by atoms with Gasteiger partial charge in [-0.05, 0) is 130 Å². The highest BCUT2D eigenvalue weighted by Crippen LogP contribution is 2.50. The molecule has 10 aromatic carbocycles. The van der Waals surface area contributed by atoms with Crippen molar-refractivity contribution in [1.29, 1.82) is 0 Å². The minimum absolute atomic E-state index is 1.12. The number of aryl methyl sites for hydroxylation is 2. The Morgan fingerprint density at radius 2 is 0.938 bits per heavy atom. The quantitative estimate of drug-likeness (QED) is 0.148. The maximum absolute atomic E-state index is 2.51. The Labute approximate surface area is 383 Å². The number of para-hydroxylation sites is 2. The van der Waals surface area contributed by atoms with E-state index in [1.165, 1.54) is 97.6 Å². The zero-order valence-electron chi connectivity index (χ0n) is 36.2. The molecule has 65 heavy (non-hydrogen) atoms. The van der Waals surface area contributed by atoms with Gasteiger partial charge >= 0.3 is 0 Å². The zero-order chi connectivity index (χ0) is 43.4. The predicted molar refractivity (Wildman–Crippen MR) is 280 cm³/mol. The lowest BCUT2D eigenvalue weighted by atomic mass is 9.89. The molecule has 0 aliphatic rings. The van der Waals surface area contributed by atoms with Gasteiger partial charge in [0.05, 0.1) is 16.7 Å². The normalized spacial score (nSPS) is 11.5. The molecule has 0 saturated carbocycles. The van der Waals surface area contributed by atoms with Gasteiger partial charge in [0.2, 0.25) is 0 Å². The summed E-state index contributed by atoms with van der Waals surface area (Å²) in [6, 6.07) is 84.5. The summed E-state index contributed by atoms with van der Waals surface area (Å²) in [6.45, 7) is 4.51. The molecular weight excluding hydrogens is 805 g/mol.